The predicted molar refractivity (Wildman–Crippen MR) is 136 cm³/mol. The van der Waals surface area contributed by atoms with Gasteiger partial charge in [-0.2, -0.15) is 4.98 Å². The van der Waals surface area contributed by atoms with Crippen molar-refractivity contribution in [1.29, 1.82) is 0 Å². The first-order valence-corrected chi connectivity index (χ1v) is 15.4. The van der Waals surface area contributed by atoms with E-state index in [1.165, 1.54) is 6.92 Å². The van der Waals surface area contributed by atoms with Crippen molar-refractivity contribution in [3.8, 4) is 5.88 Å². The molecule has 2 fully saturated rings. The topological polar surface area (TPSA) is 300 Å². The minimum atomic E-state index is -5.31. The van der Waals surface area contributed by atoms with Crippen LogP contribution in [0.4, 0.5) is 4.39 Å². The van der Waals surface area contributed by atoms with Gasteiger partial charge in [-0.3, -0.25) is 32.5 Å². The number of aromatic hydroxyl groups is 1. The Labute approximate surface area is 243 Å². The van der Waals surface area contributed by atoms with Crippen LogP contribution in [0.5, 0.6) is 5.88 Å². The second kappa shape index (κ2) is 12.1. The highest BCUT2D eigenvalue weighted by Gasteiger charge is 2.52. The van der Waals surface area contributed by atoms with Gasteiger partial charge < -0.3 is 39.5 Å². The van der Waals surface area contributed by atoms with E-state index < -0.39 is 95.1 Å². The molecule has 3 aromatic rings. The summed E-state index contributed by atoms with van der Waals surface area (Å²) in [6.45, 7) is -0.687. The molecule has 2 aliphatic rings. The van der Waals surface area contributed by atoms with Crippen LogP contribution in [0.3, 0.4) is 0 Å². The number of rotatable bonds is 10. The number of alkyl halides is 1. The quantitative estimate of drug-likeness (QED) is 0.113. The van der Waals surface area contributed by atoms with Gasteiger partial charge in [0.05, 0.1) is 19.5 Å². The lowest BCUT2D eigenvalue weighted by atomic mass is 10.1. The third-order valence-corrected chi connectivity index (χ3v) is 8.17. The minimum Gasteiger partial charge on any atom is -0.492 e. The van der Waals surface area contributed by atoms with E-state index >= 15 is 4.39 Å². The van der Waals surface area contributed by atoms with Crippen LogP contribution < -0.4 is 11.2 Å². The van der Waals surface area contributed by atoms with Crippen LogP contribution in [-0.4, -0.2) is 109 Å². The molecule has 0 spiro atoms. The summed E-state index contributed by atoms with van der Waals surface area (Å²) in [6.07, 6.45) is -11.4. The van der Waals surface area contributed by atoms with Crippen LogP contribution in [0.2, 0.25) is 0 Å². The fraction of sp³-hybridized carbons (Fsp3) is 0.550. The van der Waals surface area contributed by atoms with E-state index in [-0.39, 0.29) is 16.7 Å². The van der Waals surface area contributed by atoms with Crippen molar-refractivity contribution in [2.75, 3.05) is 13.2 Å². The van der Waals surface area contributed by atoms with E-state index in [9.17, 15) is 38.9 Å². The zero-order valence-electron chi connectivity index (χ0n) is 22.1. The second-order valence-corrected chi connectivity index (χ2v) is 12.3. The lowest BCUT2D eigenvalue weighted by Gasteiger charge is -2.23. The lowest BCUT2D eigenvalue weighted by Crippen LogP contribution is -2.37. The molecule has 24 heteroatoms. The molecule has 0 aliphatic carbocycles. The molecule has 3 aromatic heterocycles. The molecular formula is C20H25FN6O15P2. The molecule has 9 atom stereocenters. The first kappa shape index (κ1) is 32.4. The molecule has 2 saturated heterocycles. The summed E-state index contributed by atoms with van der Waals surface area (Å²) < 4.78 is 66.5. The van der Waals surface area contributed by atoms with Gasteiger partial charge in [-0.1, -0.05) is 0 Å². The Balaban J connectivity index is 1.31. The highest BCUT2D eigenvalue weighted by atomic mass is 31.2. The van der Waals surface area contributed by atoms with Crippen LogP contribution >= 0.6 is 15.6 Å². The molecule has 5 rings (SSSR count). The average Bonchev–Trinajstić information content (AvgIpc) is 3.58. The third kappa shape index (κ3) is 6.52. The van der Waals surface area contributed by atoms with E-state index in [2.05, 4.69) is 19.5 Å². The summed E-state index contributed by atoms with van der Waals surface area (Å²) in [5, 5.41) is 30.9. The second-order valence-electron chi connectivity index (χ2n) is 9.68. The van der Waals surface area contributed by atoms with E-state index in [1.807, 2.05) is 4.98 Å². The van der Waals surface area contributed by atoms with Crippen LogP contribution in [0.1, 0.15) is 18.0 Å². The molecule has 0 aromatic carbocycles. The van der Waals surface area contributed by atoms with Gasteiger partial charge in [-0.25, -0.2) is 28.3 Å². The Hall–Kier alpha value is -2.98. The van der Waals surface area contributed by atoms with Crippen molar-refractivity contribution in [2.45, 2.75) is 56.1 Å². The van der Waals surface area contributed by atoms with Gasteiger partial charge in [-0.05, 0) is 6.92 Å². The number of ether oxygens (including phenoxy) is 2. The summed E-state index contributed by atoms with van der Waals surface area (Å²) in [5.74, 6) is -0.464. The minimum absolute atomic E-state index is 0.0246. The van der Waals surface area contributed by atoms with Crippen molar-refractivity contribution in [3.05, 3.63) is 45.3 Å². The van der Waals surface area contributed by atoms with Gasteiger partial charge in [0.15, 0.2) is 29.8 Å². The highest BCUT2D eigenvalue weighted by Crippen LogP contribution is 2.50. The van der Waals surface area contributed by atoms with Gasteiger partial charge >= 0.3 is 21.3 Å². The standard InChI is InChI=1S/C20H25FN6O15P2/c1-7-2-26(20(32)25-16(7)30)18-10(21)14(9(41-18)4-38-43(33,34)35)42-44(36,37)39-3-8-12(28)13(29)19(40-8)27-6-24-11-15(27)22-5-23-17(11)31/h2,5-6,8-10,12-14,18-19,28-29H,3-4H2,1H3,(H,36,37)(H,22,23,31)(H,25,30,32)(H2,33,34,35)/t8-,9-,10?,12-,13-,14-,18-,19-/m1/s1. The largest absolute Gasteiger partial charge is 0.492 e. The van der Waals surface area contributed by atoms with Gasteiger partial charge in [0.2, 0.25) is 5.88 Å². The molecule has 21 nitrogen and oxygen atoms in total. The average molecular weight is 670 g/mol. The Kier molecular flexibility index (Phi) is 8.90. The van der Waals surface area contributed by atoms with Gasteiger partial charge in [0, 0.05) is 11.8 Å². The van der Waals surface area contributed by atoms with Crippen LogP contribution in [-0.2, 0) is 32.2 Å². The molecule has 242 valence electrons. The number of phosphoric ester groups is 2. The molecule has 5 heterocycles. The number of aromatic amines is 1. The van der Waals surface area contributed by atoms with Crippen LogP contribution in [0.15, 0.2) is 28.4 Å². The third-order valence-electron chi connectivity index (χ3n) is 6.70. The SMILES string of the molecule is Cc1cn([C@@H]2O[C@H](COP(=O)(O)O)[C@@H](OP(=O)(O)OC[C@H]3O[C@@H](n4cnc5c(O)ncnc54)[C@H](O)[C@@H]3O)C2F)c(=O)[nH]c1=O. The first-order valence-electron chi connectivity index (χ1n) is 12.4. The van der Waals surface area contributed by atoms with Gasteiger partial charge in [0.1, 0.15) is 36.8 Å². The number of aliphatic hydroxyl groups is 2. The maximum atomic E-state index is 15.6. The highest BCUT2D eigenvalue weighted by molar-refractivity contribution is 7.47. The number of halogens is 1. The molecule has 2 unspecified atom stereocenters. The van der Waals surface area contributed by atoms with E-state index in [0.29, 0.717) is 4.57 Å². The normalized spacial score (nSPS) is 30.6. The molecule has 0 radical (unpaired) electrons. The maximum Gasteiger partial charge on any atom is 0.472 e. The van der Waals surface area contributed by atoms with Gasteiger partial charge in [0.25, 0.3) is 5.56 Å². The van der Waals surface area contributed by atoms with Crippen LogP contribution in [0.25, 0.3) is 11.2 Å². The zero-order valence-corrected chi connectivity index (χ0v) is 23.9. The molecule has 0 bridgehead atoms. The Morgan fingerprint density at radius 2 is 1.68 bits per heavy atom. The lowest BCUT2D eigenvalue weighted by molar-refractivity contribution is -0.0588. The Morgan fingerprint density at radius 3 is 2.39 bits per heavy atom. The van der Waals surface area contributed by atoms with Crippen molar-refractivity contribution in [1.82, 2.24) is 29.1 Å². The molecule has 0 saturated carbocycles. The number of nitrogens with zero attached hydrogens (tertiary/aromatic N) is 5. The fourth-order valence-electron chi connectivity index (χ4n) is 4.60. The molecule has 44 heavy (non-hydrogen) atoms. The summed E-state index contributed by atoms with van der Waals surface area (Å²) in [7, 11) is -10.5. The number of hydrogen-bond acceptors (Lipinski definition) is 15. The number of nitrogens with one attached hydrogen (secondary N) is 1. The van der Waals surface area contributed by atoms with Gasteiger partial charge in [-0.15, -0.1) is 0 Å². The number of aryl methyl sites for hydroxylation is 1. The smallest absolute Gasteiger partial charge is 0.472 e. The fourth-order valence-corrected chi connectivity index (χ4v) is 5.90. The summed E-state index contributed by atoms with van der Waals surface area (Å²) in [4.78, 5) is 65.9. The number of aromatic nitrogens is 6. The summed E-state index contributed by atoms with van der Waals surface area (Å²) in [6, 6.07) is 0. The number of hydrogen-bond donors (Lipinski definition) is 7. The number of imidazole rings is 1. The van der Waals surface area contributed by atoms with E-state index in [1.54, 1.807) is 0 Å². The summed E-state index contributed by atoms with van der Waals surface area (Å²) in [5.41, 5.74) is -1.96. The number of phosphoric acid groups is 2. The predicted octanol–water partition coefficient (Wildman–Crippen LogP) is -2.14. The molecule has 2 aliphatic heterocycles. The van der Waals surface area contributed by atoms with Crippen molar-refractivity contribution >= 4 is 26.8 Å². The first-order chi connectivity index (χ1) is 20.6. The Bertz CT molecular complexity index is 1750. The molecule has 0 amide bonds. The van der Waals surface area contributed by atoms with Crippen molar-refractivity contribution in [3.63, 3.8) is 0 Å². The van der Waals surface area contributed by atoms with E-state index in [4.69, 9.17) is 28.3 Å². The molecule has 7 N–H and O–H groups in total. The number of fused-ring (bicyclic) bond motifs is 1. The zero-order chi connectivity index (χ0) is 32.1. The maximum absolute atomic E-state index is 15.6. The van der Waals surface area contributed by atoms with E-state index in [0.717, 1.165) is 23.4 Å². The van der Waals surface area contributed by atoms with Crippen molar-refractivity contribution in [2.24, 2.45) is 0 Å². The number of aliphatic hydroxyl groups excluding tert-OH is 2. The summed E-state index contributed by atoms with van der Waals surface area (Å²) >= 11 is 0. The Morgan fingerprint density at radius 1 is 1.00 bits per heavy atom. The monoisotopic (exact) mass is 670 g/mol. The van der Waals surface area contributed by atoms with Crippen LogP contribution in [0, 0.1) is 6.92 Å². The van der Waals surface area contributed by atoms with Crippen molar-refractivity contribution < 1.29 is 66.6 Å². The molecular weight excluding hydrogens is 645 g/mol. The number of H-pyrrole nitrogens is 1.